The number of hydrogen-bond donors (Lipinski definition) is 1. The monoisotopic (exact) mass is 322 g/mol. The first-order valence-electron chi connectivity index (χ1n) is 6.33. The van der Waals surface area contributed by atoms with Crippen LogP contribution in [0.25, 0.3) is 0 Å². The van der Waals surface area contributed by atoms with E-state index in [1.807, 2.05) is 26.0 Å². The number of carbonyl (C=O) groups is 1. The molecule has 0 aliphatic carbocycles. The van der Waals surface area contributed by atoms with Crippen LogP contribution in [0.5, 0.6) is 5.75 Å². The Bertz CT molecular complexity index is 650. The van der Waals surface area contributed by atoms with Crippen molar-refractivity contribution in [1.29, 1.82) is 0 Å². The molecule has 1 heterocycles. The number of thiophene rings is 1. The molecule has 6 heteroatoms. The molecule has 0 spiro atoms. The Balaban J connectivity index is 1.83. The number of ether oxygens (including phenoxy) is 1. The fourth-order valence-electron chi connectivity index (χ4n) is 1.54. The largest absolute Gasteiger partial charge is 0.484 e. The molecule has 1 aromatic heterocycles. The molecular weight excluding hydrogens is 308 g/mol. The molecule has 1 amide bonds. The van der Waals surface area contributed by atoms with E-state index in [2.05, 4.69) is 10.5 Å². The number of benzene rings is 1. The zero-order valence-corrected chi connectivity index (χ0v) is 13.3. The molecule has 0 aliphatic rings. The summed E-state index contributed by atoms with van der Waals surface area (Å²) in [6.07, 6.45) is 0. The van der Waals surface area contributed by atoms with Crippen molar-refractivity contribution in [3.05, 3.63) is 51.2 Å². The molecular formula is C15H15ClN2O2S. The van der Waals surface area contributed by atoms with E-state index in [0.717, 1.165) is 10.6 Å². The summed E-state index contributed by atoms with van der Waals surface area (Å²) in [5, 5.41) is 4.68. The molecule has 0 atom stereocenters. The minimum Gasteiger partial charge on any atom is -0.484 e. The summed E-state index contributed by atoms with van der Waals surface area (Å²) in [4.78, 5) is 13.9. The SMILES string of the molecule is CC(=NNC(=O)COc1ccc(Cl)cc1)c1ccc(C)s1. The highest BCUT2D eigenvalue weighted by Crippen LogP contribution is 2.16. The third-order valence-corrected chi connectivity index (χ3v) is 3.99. The molecule has 21 heavy (non-hydrogen) atoms. The van der Waals surface area contributed by atoms with Crippen LogP contribution in [0, 0.1) is 6.92 Å². The standard InChI is InChI=1S/C15H15ClN2O2S/c1-10-3-8-14(21-10)11(2)17-18-15(19)9-20-13-6-4-12(16)5-7-13/h3-8H,9H2,1-2H3,(H,18,19). The average Bonchev–Trinajstić information content (AvgIpc) is 2.91. The summed E-state index contributed by atoms with van der Waals surface area (Å²) in [7, 11) is 0. The van der Waals surface area contributed by atoms with Crippen LogP contribution in [-0.4, -0.2) is 18.2 Å². The summed E-state index contributed by atoms with van der Waals surface area (Å²) in [6.45, 7) is 3.79. The molecule has 0 fully saturated rings. The van der Waals surface area contributed by atoms with E-state index in [9.17, 15) is 4.79 Å². The molecule has 0 saturated carbocycles. The van der Waals surface area contributed by atoms with Gasteiger partial charge in [0.15, 0.2) is 6.61 Å². The zero-order chi connectivity index (χ0) is 15.2. The number of carbonyl (C=O) groups excluding carboxylic acids is 1. The van der Waals surface area contributed by atoms with Crippen molar-refractivity contribution in [1.82, 2.24) is 5.43 Å². The fourth-order valence-corrected chi connectivity index (χ4v) is 2.48. The van der Waals surface area contributed by atoms with Gasteiger partial charge >= 0.3 is 0 Å². The van der Waals surface area contributed by atoms with Crippen LogP contribution < -0.4 is 10.2 Å². The van der Waals surface area contributed by atoms with Gasteiger partial charge in [-0.2, -0.15) is 5.10 Å². The Kier molecular flexibility index (Phi) is 5.36. The highest BCUT2D eigenvalue weighted by Gasteiger charge is 2.04. The first-order valence-corrected chi connectivity index (χ1v) is 7.52. The lowest BCUT2D eigenvalue weighted by molar-refractivity contribution is -0.123. The average molecular weight is 323 g/mol. The number of hydrogen-bond acceptors (Lipinski definition) is 4. The minimum absolute atomic E-state index is 0.0954. The Labute approximate surface area is 132 Å². The predicted octanol–water partition coefficient (Wildman–Crippen LogP) is 3.63. The third kappa shape index (κ3) is 4.88. The number of rotatable bonds is 5. The quantitative estimate of drug-likeness (QED) is 0.675. The molecule has 2 rings (SSSR count). The van der Waals surface area contributed by atoms with Gasteiger partial charge in [-0.15, -0.1) is 11.3 Å². The summed E-state index contributed by atoms with van der Waals surface area (Å²) in [5.41, 5.74) is 3.25. The van der Waals surface area contributed by atoms with Crippen molar-refractivity contribution in [2.24, 2.45) is 5.10 Å². The van der Waals surface area contributed by atoms with Crippen molar-refractivity contribution in [3.8, 4) is 5.75 Å². The Morgan fingerprint density at radius 1 is 1.29 bits per heavy atom. The van der Waals surface area contributed by atoms with Gasteiger partial charge in [-0.1, -0.05) is 11.6 Å². The number of amides is 1. The van der Waals surface area contributed by atoms with E-state index < -0.39 is 0 Å². The maximum Gasteiger partial charge on any atom is 0.277 e. The molecule has 1 N–H and O–H groups in total. The summed E-state index contributed by atoms with van der Waals surface area (Å²) >= 11 is 7.40. The van der Waals surface area contributed by atoms with Crippen LogP contribution in [-0.2, 0) is 4.79 Å². The van der Waals surface area contributed by atoms with Crippen molar-refractivity contribution < 1.29 is 9.53 Å². The molecule has 0 saturated heterocycles. The van der Waals surface area contributed by atoms with Crippen molar-refractivity contribution in [2.45, 2.75) is 13.8 Å². The van der Waals surface area contributed by atoms with Gasteiger partial charge in [0.25, 0.3) is 5.91 Å². The van der Waals surface area contributed by atoms with Crippen LogP contribution >= 0.6 is 22.9 Å². The highest BCUT2D eigenvalue weighted by molar-refractivity contribution is 7.14. The molecule has 2 aromatic rings. The topological polar surface area (TPSA) is 50.7 Å². The van der Waals surface area contributed by atoms with Crippen molar-refractivity contribution in [2.75, 3.05) is 6.61 Å². The van der Waals surface area contributed by atoms with Crippen molar-refractivity contribution in [3.63, 3.8) is 0 Å². The number of halogens is 1. The summed E-state index contributed by atoms with van der Waals surface area (Å²) in [6, 6.07) is 10.8. The Morgan fingerprint density at radius 3 is 2.62 bits per heavy atom. The summed E-state index contributed by atoms with van der Waals surface area (Å²) in [5.74, 6) is 0.279. The zero-order valence-electron chi connectivity index (χ0n) is 11.7. The molecule has 4 nitrogen and oxygen atoms in total. The van der Waals surface area contributed by atoms with E-state index in [-0.39, 0.29) is 12.5 Å². The molecule has 0 radical (unpaired) electrons. The number of hydrazone groups is 1. The second-order valence-electron chi connectivity index (χ2n) is 4.39. The van der Waals surface area contributed by atoms with E-state index in [0.29, 0.717) is 10.8 Å². The van der Waals surface area contributed by atoms with Crippen LogP contribution in [0.1, 0.15) is 16.7 Å². The van der Waals surface area contributed by atoms with Gasteiger partial charge in [0, 0.05) is 9.90 Å². The molecule has 0 unspecified atom stereocenters. The molecule has 1 aromatic carbocycles. The third-order valence-electron chi connectivity index (χ3n) is 2.63. The minimum atomic E-state index is -0.308. The van der Waals surface area contributed by atoms with Crippen LogP contribution in [0.4, 0.5) is 0 Å². The van der Waals surface area contributed by atoms with E-state index in [1.165, 1.54) is 4.88 Å². The van der Waals surface area contributed by atoms with Gasteiger partial charge in [0.05, 0.1) is 10.6 Å². The van der Waals surface area contributed by atoms with Gasteiger partial charge < -0.3 is 4.74 Å². The normalized spacial score (nSPS) is 11.3. The first kappa shape index (κ1) is 15.5. The van der Waals surface area contributed by atoms with Crippen LogP contribution in [0.3, 0.4) is 0 Å². The Morgan fingerprint density at radius 2 is 2.00 bits per heavy atom. The molecule has 0 bridgehead atoms. The lowest BCUT2D eigenvalue weighted by Gasteiger charge is -2.05. The number of nitrogens with zero attached hydrogens (tertiary/aromatic N) is 1. The van der Waals surface area contributed by atoms with Crippen molar-refractivity contribution >= 4 is 34.6 Å². The molecule has 0 aliphatic heterocycles. The number of aryl methyl sites for hydroxylation is 1. The lowest BCUT2D eigenvalue weighted by Crippen LogP contribution is -2.25. The maximum absolute atomic E-state index is 11.7. The van der Waals surface area contributed by atoms with Gasteiger partial charge in [-0.3, -0.25) is 4.79 Å². The second-order valence-corrected chi connectivity index (χ2v) is 6.11. The smallest absolute Gasteiger partial charge is 0.277 e. The van der Waals surface area contributed by atoms with Crippen LogP contribution in [0.2, 0.25) is 5.02 Å². The maximum atomic E-state index is 11.7. The van der Waals surface area contributed by atoms with E-state index >= 15 is 0 Å². The molecule has 110 valence electrons. The van der Waals surface area contributed by atoms with Gasteiger partial charge in [0.1, 0.15) is 5.75 Å². The van der Waals surface area contributed by atoms with E-state index in [1.54, 1.807) is 35.6 Å². The lowest BCUT2D eigenvalue weighted by atomic mass is 10.3. The predicted molar refractivity (Wildman–Crippen MR) is 86.4 cm³/mol. The summed E-state index contributed by atoms with van der Waals surface area (Å²) < 4.78 is 5.33. The van der Waals surface area contributed by atoms with E-state index in [4.69, 9.17) is 16.3 Å². The number of nitrogens with one attached hydrogen (secondary N) is 1. The van der Waals surface area contributed by atoms with Gasteiger partial charge in [0.2, 0.25) is 0 Å². The van der Waals surface area contributed by atoms with Gasteiger partial charge in [-0.05, 0) is 50.2 Å². The van der Waals surface area contributed by atoms with Gasteiger partial charge in [-0.25, -0.2) is 5.43 Å². The highest BCUT2D eigenvalue weighted by atomic mass is 35.5. The Hall–Kier alpha value is -1.85. The second kappa shape index (κ2) is 7.24. The fraction of sp³-hybridized carbons (Fsp3) is 0.200. The first-order chi connectivity index (χ1) is 10.0. The van der Waals surface area contributed by atoms with Crippen LogP contribution in [0.15, 0.2) is 41.5 Å².